The fourth-order valence-electron chi connectivity index (χ4n) is 2.87. The van der Waals surface area contributed by atoms with E-state index in [2.05, 4.69) is 22.5 Å². The van der Waals surface area contributed by atoms with Crippen LogP contribution in [0.15, 0.2) is 48.8 Å². The number of aromatic nitrogens is 1. The zero-order valence-electron chi connectivity index (χ0n) is 16.8. The normalized spacial score (nSPS) is 18.3. The van der Waals surface area contributed by atoms with Crippen LogP contribution in [0.2, 0.25) is 5.02 Å². The molecule has 2 aromatic rings. The molecular weight excluding hydrogens is 358 g/mol. The number of carbonyl (C=O) groups excluding carboxylic acids is 1. The van der Waals surface area contributed by atoms with Gasteiger partial charge in [0.25, 0.3) is 5.91 Å². The van der Waals surface area contributed by atoms with Crippen molar-refractivity contribution in [2.45, 2.75) is 46.6 Å². The summed E-state index contributed by atoms with van der Waals surface area (Å²) in [6.07, 6.45) is 5.73. The van der Waals surface area contributed by atoms with Crippen LogP contribution in [0.5, 0.6) is 0 Å². The molecule has 1 aromatic carbocycles. The van der Waals surface area contributed by atoms with Gasteiger partial charge in [0.1, 0.15) is 0 Å². The third-order valence-electron chi connectivity index (χ3n) is 4.22. The molecule has 0 spiro atoms. The molecule has 1 aromatic heterocycles. The van der Waals surface area contributed by atoms with Gasteiger partial charge in [0.2, 0.25) is 0 Å². The van der Waals surface area contributed by atoms with Gasteiger partial charge in [-0.1, -0.05) is 37.6 Å². The van der Waals surface area contributed by atoms with Gasteiger partial charge in [-0.2, -0.15) is 0 Å². The van der Waals surface area contributed by atoms with Crippen LogP contribution in [-0.2, 0) is 0 Å². The summed E-state index contributed by atoms with van der Waals surface area (Å²) in [5.41, 5.74) is 1.63. The molecule has 1 aliphatic rings. The van der Waals surface area contributed by atoms with E-state index in [9.17, 15) is 4.79 Å². The van der Waals surface area contributed by atoms with Crippen LogP contribution in [0.1, 0.15) is 49.5 Å². The number of benzene rings is 1. The molecule has 0 aliphatic carbocycles. The van der Waals surface area contributed by atoms with Crippen molar-refractivity contribution in [2.24, 2.45) is 5.92 Å². The molecule has 0 saturated carbocycles. The minimum atomic E-state index is -0.0730. The number of hydrogen-bond donors (Lipinski definition) is 2. The molecular formula is C22H32ClN3O. The van der Waals surface area contributed by atoms with Crippen LogP contribution in [-0.4, -0.2) is 30.0 Å². The number of nitrogens with zero attached hydrogens (tertiary/aromatic N) is 1. The quantitative estimate of drug-likeness (QED) is 0.786. The predicted molar refractivity (Wildman–Crippen MR) is 114 cm³/mol. The molecule has 0 radical (unpaired) electrons. The van der Waals surface area contributed by atoms with E-state index in [1.165, 1.54) is 0 Å². The van der Waals surface area contributed by atoms with Crippen molar-refractivity contribution in [3.8, 4) is 0 Å². The first-order valence-electron chi connectivity index (χ1n) is 9.69. The van der Waals surface area contributed by atoms with E-state index in [4.69, 9.17) is 11.6 Å². The van der Waals surface area contributed by atoms with Crippen LogP contribution in [0.4, 0.5) is 0 Å². The van der Waals surface area contributed by atoms with E-state index in [-0.39, 0.29) is 5.91 Å². The van der Waals surface area contributed by atoms with Gasteiger partial charge in [-0.05, 0) is 69.0 Å². The molecule has 0 bridgehead atoms. The fourth-order valence-corrected chi connectivity index (χ4v) is 3.19. The molecule has 2 atom stereocenters. The van der Waals surface area contributed by atoms with Gasteiger partial charge >= 0.3 is 0 Å². The summed E-state index contributed by atoms with van der Waals surface area (Å²) in [6.45, 7) is 9.91. The number of pyridine rings is 1. The van der Waals surface area contributed by atoms with Crippen LogP contribution in [0.25, 0.3) is 0 Å². The Bertz CT molecular complexity index is 637. The van der Waals surface area contributed by atoms with Gasteiger partial charge in [0, 0.05) is 25.0 Å². The average molecular weight is 390 g/mol. The minimum Gasteiger partial charge on any atom is -0.352 e. The second-order valence-corrected chi connectivity index (χ2v) is 6.87. The molecule has 1 fully saturated rings. The highest BCUT2D eigenvalue weighted by Crippen LogP contribution is 2.18. The Hall–Kier alpha value is -1.91. The van der Waals surface area contributed by atoms with E-state index < -0.39 is 0 Å². The Morgan fingerprint density at radius 3 is 2.48 bits per heavy atom. The number of rotatable bonds is 3. The molecule has 2 N–H and O–H groups in total. The van der Waals surface area contributed by atoms with Gasteiger partial charge < -0.3 is 10.6 Å². The topological polar surface area (TPSA) is 54.0 Å². The van der Waals surface area contributed by atoms with Crippen LogP contribution in [0, 0.1) is 12.8 Å². The van der Waals surface area contributed by atoms with Crippen molar-refractivity contribution in [2.75, 3.05) is 13.1 Å². The van der Waals surface area contributed by atoms with E-state index in [0.717, 1.165) is 31.5 Å². The maximum Gasteiger partial charge on any atom is 0.252 e. The van der Waals surface area contributed by atoms with Crippen molar-refractivity contribution < 1.29 is 4.79 Å². The third-order valence-corrected chi connectivity index (χ3v) is 4.53. The Labute approximate surface area is 168 Å². The summed E-state index contributed by atoms with van der Waals surface area (Å²) in [5.74, 6) is 0.487. The number of nitrogens with one attached hydrogen (secondary N) is 2. The van der Waals surface area contributed by atoms with Gasteiger partial charge in [0.15, 0.2) is 0 Å². The molecule has 5 heteroatoms. The Morgan fingerprint density at radius 1 is 1.26 bits per heavy atom. The smallest absolute Gasteiger partial charge is 0.252 e. The summed E-state index contributed by atoms with van der Waals surface area (Å²) in [7, 11) is 0. The largest absolute Gasteiger partial charge is 0.352 e. The maximum absolute atomic E-state index is 12.1. The summed E-state index contributed by atoms with van der Waals surface area (Å²) in [4.78, 5) is 15.9. The molecule has 1 amide bonds. The predicted octanol–water partition coefficient (Wildman–Crippen LogP) is 4.87. The Morgan fingerprint density at radius 2 is 1.96 bits per heavy atom. The zero-order valence-corrected chi connectivity index (χ0v) is 17.6. The van der Waals surface area contributed by atoms with Crippen molar-refractivity contribution >= 4 is 17.5 Å². The van der Waals surface area contributed by atoms with Crippen molar-refractivity contribution in [1.82, 2.24) is 15.6 Å². The van der Waals surface area contributed by atoms with E-state index in [1.54, 1.807) is 18.5 Å². The average Bonchev–Trinajstić information content (AvgIpc) is 2.70. The zero-order chi connectivity index (χ0) is 20.1. The second kappa shape index (κ2) is 13.3. The van der Waals surface area contributed by atoms with Crippen LogP contribution >= 0.6 is 11.6 Å². The standard InChI is InChI=1S/C15H21ClN2O.C5H5N.C2H6/c1-10-3-4-13(14(16)7-10)15(19)18-9-12-5-6-17-11(2)8-12;1-2-4-6-5-3-1;1-2/h3-4,7,11-12,17H,5-6,8-9H2,1-2H3,(H,18,19);1-5H;1-2H3. The SMILES string of the molecule is CC.Cc1ccc(C(=O)NCC2CCNC(C)C2)c(Cl)c1.c1ccncc1. The number of amides is 1. The molecule has 1 saturated heterocycles. The Kier molecular flexibility index (Phi) is 11.4. The summed E-state index contributed by atoms with van der Waals surface area (Å²) < 4.78 is 0. The van der Waals surface area contributed by atoms with Crippen LogP contribution < -0.4 is 10.6 Å². The maximum atomic E-state index is 12.1. The molecule has 27 heavy (non-hydrogen) atoms. The molecule has 3 rings (SSSR count). The van der Waals surface area contributed by atoms with Crippen molar-refractivity contribution in [3.05, 3.63) is 64.9 Å². The van der Waals surface area contributed by atoms with E-state index in [1.807, 2.05) is 51.1 Å². The first kappa shape index (κ1) is 23.1. The second-order valence-electron chi connectivity index (χ2n) is 6.46. The fraction of sp³-hybridized carbons (Fsp3) is 0.455. The molecule has 1 aliphatic heterocycles. The lowest BCUT2D eigenvalue weighted by molar-refractivity contribution is 0.0942. The van der Waals surface area contributed by atoms with Crippen molar-refractivity contribution in [1.29, 1.82) is 0 Å². The highest BCUT2D eigenvalue weighted by atomic mass is 35.5. The lowest BCUT2D eigenvalue weighted by Crippen LogP contribution is -2.40. The number of piperidine rings is 1. The van der Waals surface area contributed by atoms with E-state index in [0.29, 0.717) is 22.5 Å². The summed E-state index contributed by atoms with van der Waals surface area (Å²) in [6, 6.07) is 11.8. The molecule has 4 nitrogen and oxygen atoms in total. The number of halogens is 1. The monoisotopic (exact) mass is 389 g/mol. The molecule has 2 unspecified atom stereocenters. The van der Waals surface area contributed by atoms with Gasteiger partial charge in [-0.25, -0.2) is 0 Å². The Balaban J connectivity index is 0.000000381. The lowest BCUT2D eigenvalue weighted by atomic mass is 9.93. The summed E-state index contributed by atoms with van der Waals surface area (Å²) >= 11 is 6.10. The van der Waals surface area contributed by atoms with Gasteiger partial charge in [0.05, 0.1) is 10.6 Å². The number of carbonyl (C=O) groups is 1. The third kappa shape index (κ3) is 9.03. The summed E-state index contributed by atoms with van der Waals surface area (Å²) in [5, 5.41) is 6.94. The number of hydrogen-bond acceptors (Lipinski definition) is 3. The lowest BCUT2D eigenvalue weighted by Gasteiger charge is -2.28. The number of aryl methyl sites for hydroxylation is 1. The highest BCUT2D eigenvalue weighted by molar-refractivity contribution is 6.33. The van der Waals surface area contributed by atoms with Gasteiger partial charge in [-0.3, -0.25) is 9.78 Å². The van der Waals surface area contributed by atoms with Crippen molar-refractivity contribution in [3.63, 3.8) is 0 Å². The van der Waals surface area contributed by atoms with Gasteiger partial charge in [-0.15, -0.1) is 0 Å². The van der Waals surface area contributed by atoms with E-state index >= 15 is 0 Å². The first-order chi connectivity index (χ1) is 13.1. The highest BCUT2D eigenvalue weighted by Gasteiger charge is 2.19. The first-order valence-corrected chi connectivity index (χ1v) is 10.1. The molecule has 2 heterocycles. The molecule has 148 valence electrons. The minimum absolute atomic E-state index is 0.0730. The van der Waals surface area contributed by atoms with Crippen LogP contribution in [0.3, 0.4) is 0 Å².